The molecule has 2 aromatic carbocycles. The Bertz CT molecular complexity index is 875. The van der Waals surface area contributed by atoms with Crippen molar-refractivity contribution in [2.24, 2.45) is 5.92 Å². The predicted molar refractivity (Wildman–Crippen MR) is 109 cm³/mol. The van der Waals surface area contributed by atoms with Gasteiger partial charge in [0.05, 0.1) is 7.11 Å². The summed E-state index contributed by atoms with van der Waals surface area (Å²) in [4.78, 5) is 26.5. The fraction of sp³-hybridized carbons (Fsp3) is 0.364. The molecular weight excluding hydrogens is 354 g/mol. The number of carbonyl (C=O) groups is 2. The molecule has 4 rings (SSSR count). The molecule has 1 aliphatic heterocycles. The summed E-state index contributed by atoms with van der Waals surface area (Å²) < 4.78 is 5.14. The molecule has 1 aliphatic carbocycles. The van der Waals surface area contributed by atoms with Gasteiger partial charge >= 0.3 is 6.03 Å². The molecule has 1 saturated carbocycles. The lowest BCUT2D eigenvalue weighted by Crippen LogP contribution is -2.31. The minimum absolute atomic E-state index is 0.198. The molecule has 0 unspecified atom stereocenters. The number of nitrogens with one attached hydrogen (secondary N) is 2. The van der Waals surface area contributed by atoms with E-state index in [9.17, 15) is 9.59 Å². The van der Waals surface area contributed by atoms with Gasteiger partial charge in [-0.1, -0.05) is 18.2 Å². The maximum atomic E-state index is 12.4. The summed E-state index contributed by atoms with van der Waals surface area (Å²) in [7, 11) is 1.64. The van der Waals surface area contributed by atoms with Crippen LogP contribution in [0.3, 0.4) is 0 Å². The molecule has 1 heterocycles. The van der Waals surface area contributed by atoms with Crippen LogP contribution < -0.4 is 20.3 Å². The molecule has 0 spiro atoms. The molecule has 3 amide bonds. The Morgan fingerprint density at radius 3 is 2.64 bits per heavy atom. The highest BCUT2D eigenvalue weighted by molar-refractivity contribution is 5.99. The molecule has 0 aromatic heterocycles. The van der Waals surface area contributed by atoms with Gasteiger partial charge in [0.25, 0.3) is 0 Å². The van der Waals surface area contributed by atoms with Crippen LogP contribution in [-0.4, -0.2) is 32.1 Å². The highest BCUT2D eigenvalue weighted by atomic mass is 16.5. The first kappa shape index (κ1) is 18.3. The van der Waals surface area contributed by atoms with Crippen molar-refractivity contribution < 1.29 is 14.3 Å². The first-order chi connectivity index (χ1) is 13.6. The number of hydrogen-bond acceptors (Lipinski definition) is 3. The number of methoxy groups -OCH3 is 1. The number of carbonyl (C=O) groups excluding carboxylic acids is 2. The highest BCUT2D eigenvalue weighted by Crippen LogP contribution is 2.37. The van der Waals surface area contributed by atoms with Crippen molar-refractivity contribution in [1.82, 2.24) is 5.32 Å². The first-order valence-corrected chi connectivity index (χ1v) is 9.76. The zero-order valence-electron chi connectivity index (χ0n) is 16.0. The van der Waals surface area contributed by atoms with E-state index in [4.69, 9.17) is 4.74 Å². The topological polar surface area (TPSA) is 70.7 Å². The molecular formula is C22H25N3O3. The number of nitrogens with zero attached hydrogens (tertiary/aromatic N) is 1. The lowest BCUT2D eigenvalue weighted by molar-refractivity contribution is -0.119. The van der Waals surface area contributed by atoms with E-state index in [1.165, 1.54) is 5.56 Å². The lowest BCUT2D eigenvalue weighted by atomic mass is 10.1. The molecule has 6 heteroatoms. The van der Waals surface area contributed by atoms with Crippen LogP contribution in [-0.2, 0) is 17.6 Å². The van der Waals surface area contributed by atoms with Gasteiger partial charge in [-0.3, -0.25) is 4.79 Å². The van der Waals surface area contributed by atoms with Crippen LogP contribution >= 0.6 is 0 Å². The minimum atomic E-state index is -0.244. The third-order valence-corrected chi connectivity index (χ3v) is 5.29. The molecule has 0 bridgehead atoms. The van der Waals surface area contributed by atoms with E-state index < -0.39 is 0 Å². The van der Waals surface area contributed by atoms with Crippen LogP contribution in [0.15, 0.2) is 42.5 Å². The molecule has 28 heavy (non-hydrogen) atoms. The molecule has 1 fully saturated rings. The van der Waals surface area contributed by atoms with Gasteiger partial charge in [-0.05, 0) is 61.1 Å². The number of ether oxygens (including phenoxy) is 1. The maximum absolute atomic E-state index is 12.4. The van der Waals surface area contributed by atoms with Gasteiger partial charge in [-0.15, -0.1) is 0 Å². The van der Waals surface area contributed by atoms with Gasteiger partial charge in [-0.2, -0.15) is 0 Å². The average Bonchev–Trinajstić information content (AvgIpc) is 3.48. The fourth-order valence-corrected chi connectivity index (χ4v) is 3.52. The second kappa shape index (κ2) is 7.92. The van der Waals surface area contributed by atoms with E-state index in [0.29, 0.717) is 12.2 Å². The molecule has 146 valence electrons. The highest BCUT2D eigenvalue weighted by Gasteiger charge is 2.36. The Labute approximate surface area is 164 Å². The molecule has 2 aromatic rings. The van der Waals surface area contributed by atoms with Crippen LogP contribution in [0, 0.1) is 5.92 Å². The summed E-state index contributed by atoms with van der Waals surface area (Å²) in [6.07, 6.45) is 3.62. The Morgan fingerprint density at radius 1 is 1.14 bits per heavy atom. The van der Waals surface area contributed by atoms with Gasteiger partial charge in [-0.25, -0.2) is 4.79 Å². The van der Waals surface area contributed by atoms with Crippen LogP contribution in [0.2, 0.25) is 0 Å². The monoisotopic (exact) mass is 379 g/mol. The largest absolute Gasteiger partial charge is 0.497 e. The number of fused-ring (bicyclic) bond motifs is 1. The van der Waals surface area contributed by atoms with Gasteiger partial charge in [0, 0.05) is 30.4 Å². The van der Waals surface area contributed by atoms with E-state index in [1.807, 2.05) is 47.4 Å². The third-order valence-electron chi connectivity index (χ3n) is 5.29. The normalized spacial score (nSPS) is 15.1. The van der Waals surface area contributed by atoms with Crippen LogP contribution in [0.25, 0.3) is 0 Å². The van der Waals surface area contributed by atoms with Crippen LogP contribution in [0.1, 0.15) is 24.0 Å². The Hall–Kier alpha value is -3.02. The Morgan fingerprint density at radius 2 is 1.93 bits per heavy atom. The summed E-state index contributed by atoms with van der Waals surface area (Å²) >= 11 is 0. The van der Waals surface area contributed by atoms with Crippen molar-refractivity contribution in [3.63, 3.8) is 0 Å². The summed E-state index contributed by atoms with van der Waals surface area (Å²) in [6.45, 7) is 1.28. The van der Waals surface area contributed by atoms with Gasteiger partial charge in [0.2, 0.25) is 5.91 Å². The summed E-state index contributed by atoms with van der Waals surface area (Å²) in [6, 6.07) is 13.4. The number of hydrogen-bond donors (Lipinski definition) is 2. The number of anilines is 2. The number of benzene rings is 2. The van der Waals surface area contributed by atoms with Gasteiger partial charge < -0.3 is 20.3 Å². The smallest absolute Gasteiger partial charge is 0.319 e. The van der Waals surface area contributed by atoms with Crippen LogP contribution in [0.4, 0.5) is 16.2 Å². The van der Waals surface area contributed by atoms with Crippen molar-refractivity contribution in [2.45, 2.75) is 25.7 Å². The summed E-state index contributed by atoms with van der Waals surface area (Å²) in [5.74, 6) is 1.24. The Balaban J connectivity index is 1.31. The summed E-state index contributed by atoms with van der Waals surface area (Å²) in [5.41, 5.74) is 3.94. The molecule has 6 nitrogen and oxygen atoms in total. The minimum Gasteiger partial charge on any atom is -0.497 e. The van der Waals surface area contributed by atoms with E-state index >= 15 is 0 Å². The van der Waals surface area contributed by atoms with Crippen molar-refractivity contribution in [1.29, 1.82) is 0 Å². The van der Waals surface area contributed by atoms with Crippen molar-refractivity contribution in [2.75, 3.05) is 30.4 Å². The van der Waals surface area contributed by atoms with E-state index in [2.05, 4.69) is 10.6 Å². The standard InChI is InChI=1S/C22H25N3O3/c1-28-19-8-2-15(3-9-19)10-12-23-22(27)24-18-7-6-16-11-13-25(20(16)14-18)21(26)17-4-5-17/h2-3,6-9,14,17H,4-5,10-13H2,1H3,(H2,23,24,27). The number of amides is 3. The quantitative estimate of drug-likeness (QED) is 0.809. The molecule has 0 saturated heterocycles. The van der Waals surface area contributed by atoms with Gasteiger partial charge in [0.15, 0.2) is 0 Å². The number of rotatable bonds is 6. The zero-order valence-corrected chi connectivity index (χ0v) is 16.0. The van der Waals surface area contributed by atoms with E-state index in [1.54, 1.807) is 7.11 Å². The van der Waals surface area contributed by atoms with Gasteiger partial charge in [0.1, 0.15) is 5.75 Å². The van der Waals surface area contributed by atoms with E-state index in [-0.39, 0.29) is 17.9 Å². The number of urea groups is 1. The predicted octanol–water partition coefficient (Wildman–Crippen LogP) is 3.36. The van der Waals surface area contributed by atoms with Crippen LogP contribution in [0.5, 0.6) is 5.75 Å². The fourth-order valence-electron chi connectivity index (χ4n) is 3.52. The van der Waals surface area contributed by atoms with Crippen molar-refractivity contribution in [3.8, 4) is 5.75 Å². The lowest BCUT2D eigenvalue weighted by Gasteiger charge is -2.18. The molecule has 0 radical (unpaired) electrons. The van der Waals surface area contributed by atoms with Crippen molar-refractivity contribution >= 4 is 23.3 Å². The third kappa shape index (κ3) is 4.11. The summed E-state index contributed by atoms with van der Waals surface area (Å²) in [5, 5.41) is 5.75. The Kier molecular flexibility index (Phi) is 5.19. The second-order valence-corrected chi connectivity index (χ2v) is 7.34. The molecule has 0 atom stereocenters. The maximum Gasteiger partial charge on any atom is 0.319 e. The average molecular weight is 379 g/mol. The van der Waals surface area contributed by atoms with Crippen molar-refractivity contribution in [3.05, 3.63) is 53.6 Å². The SMILES string of the molecule is COc1ccc(CCNC(=O)Nc2ccc3c(c2)N(C(=O)C2CC2)CC3)cc1. The van der Waals surface area contributed by atoms with E-state index in [0.717, 1.165) is 49.2 Å². The first-order valence-electron chi connectivity index (χ1n) is 9.76. The second-order valence-electron chi connectivity index (χ2n) is 7.34. The molecule has 2 aliphatic rings. The molecule has 2 N–H and O–H groups in total. The zero-order chi connectivity index (χ0) is 19.5.